The first-order valence-electron chi connectivity index (χ1n) is 6.40. The van der Waals surface area contributed by atoms with Gasteiger partial charge in [-0.05, 0) is 20.3 Å². The molecule has 0 spiro atoms. The number of hydrogen-bond acceptors (Lipinski definition) is 3. The smallest absolute Gasteiger partial charge is 0.237 e. The highest BCUT2D eigenvalue weighted by Crippen LogP contribution is 2.04. The van der Waals surface area contributed by atoms with Gasteiger partial charge in [0.25, 0.3) is 0 Å². The van der Waals surface area contributed by atoms with Crippen LogP contribution in [0.5, 0.6) is 0 Å². The second-order valence-corrected chi connectivity index (χ2v) is 4.67. The fourth-order valence-electron chi connectivity index (χ4n) is 2.02. The molecule has 1 amide bonds. The summed E-state index contributed by atoms with van der Waals surface area (Å²) in [7, 11) is 0. The van der Waals surface area contributed by atoms with Crippen molar-refractivity contribution in [2.45, 2.75) is 45.7 Å². The molecule has 0 bridgehead atoms. The van der Waals surface area contributed by atoms with Gasteiger partial charge in [-0.25, -0.2) is 0 Å². The Labute approximate surface area is 98.8 Å². The van der Waals surface area contributed by atoms with Crippen LogP contribution in [0.3, 0.4) is 0 Å². The van der Waals surface area contributed by atoms with Crippen LogP contribution in [0.2, 0.25) is 0 Å². The molecule has 4 nitrogen and oxygen atoms in total. The van der Waals surface area contributed by atoms with E-state index in [1.54, 1.807) is 0 Å². The maximum atomic E-state index is 11.9. The summed E-state index contributed by atoms with van der Waals surface area (Å²) in [6.07, 6.45) is 2.19. The van der Waals surface area contributed by atoms with Crippen LogP contribution in [0.25, 0.3) is 0 Å². The van der Waals surface area contributed by atoms with Gasteiger partial charge in [-0.1, -0.05) is 13.3 Å². The van der Waals surface area contributed by atoms with Gasteiger partial charge in [0.05, 0.1) is 6.04 Å². The lowest BCUT2D eigenvalue weighted by Gasteiger charge is -2.35. The summed E-state index contributed by atoms with van der Waals surface area (Å²) in [5.74, 6) is 0.169. The molecule has 0 aromatic carbocycles. The van der Waals surface area contributed by atoms with Crippen LogP contribution < -0.4 is 10.6 Å². The average molecular weight is 227 g/mol. The third-order valence-corrected chi connectivity index (χ3v) is 3.16. The molecule has 0 saturated carbocycles. The molecule has 2 N–H and O–H groups in total. The highest BCUT2D eigenvalue weighted by molar-refractivity contribution is 5.81. The summed E-state index contributed by atoms with van der Waals surface area (Å²) in [6.45, 7) is 10.0. The molecule has 0 radical (unpaired) electrons. The predicted octanol–water partition coefficient (Wildman–Crippen LogP) is 0.585. The van der Waals surface area contributed by atoms with Crippen LogP contribution in [0, 0.1) is 0 Å². The lowest BCUT2D eigenvalue weighted by molar-refractivity contribution is -0.126. The van der Waals surface area contributed by atoms with Crippen LogP contribution in [0.4, 0.5) is 0 Å². The maximum absolute atomic E-state index is 11.9. The van der Waals surface area contributed by atoms with E-state index in [9.17, 15) is 4.79 Å². The van der Waals surface area contributed by atoms with Crippen molar-refractivity contribution in [3.05, 3.63) is 0 Å². The minimum Gasteiger partial charge on any atom is -0.355 e. The molecule has 1 saturated heterocycles. The largest absolute Gasteiger partial charge is 0.355 e. The third-order valence-electron chi connectivity index (χ3n) is 3.16. The Hall–Kier alpha value is -0.610. The molecule has 1 aliphatic heterocycles. The SMILES string of the molecule is CCCCNC(=O)C(C)N1CCN[C@H](C)C1. The molecular formula is C12H25N3O. The summed E-state index contributed by atoms with van der Waals surface area (Å²) in [5.41, 5.74) is 0. The van der Waals surface area contributed by atoms with Crippen molar-refractivity contribution in [2.75, 3.05) is 26.2 Å². The number of piperazine rings is 1. The molecule has 16 heavy (non-hydrogen) atoms. The number of nitrogens with zero attached hydrogens (tertiary/aromatic N) is 1. The molecule has 4 heteroatoms. The van der Waals surface area contributed by atoms with Crippen molar-refractivity contribution in [3.63, 3.8) is 0 Å². The van der Waals surface area contributed by atoms with Gasteiger partial charge in [-0.15, -0.1) is 0 Å². The fraction of sp³-hybridized carbons (Fsp3) is 0.917. The Bertz CT molecular complexity index is 220. The van der Waals surface area contributed by atoms with Crippen LogP contribution in [0.15, 0.2) is 0 Å². The van der Waals surface area contributed by atoms with Gasteiger partial charge in [0.1, 0.15) is 0 Å². The van der Waals surface area contributed by atoms with E-state index in [-0.39, 0.29) is 11.9 Å². The number of nitrogens with one attached hydrogen (secondary N) is 2. The zero-order chi connectivity index (χ0) is 12.0. The first-order chi connectivity index (χ1) is 7.65. The van der Waals surface area contributed by atoms with Crippen LogP contribution >= 0.6 is 0 Å². The number of carbonyl (C=O) groups excluding carboxylic acids is 1. The van der Waals surface area contributed by atoms with Gasteiger partial charge in [-0.3, -0.25) is 9.69 Å². The third kappa shape index (κ3) is 4.10. The van der Waals surface area contributed by atoms with Crippen molar-refractivity contribution < 1.29 is 4.79 Å². The fourth-order valence-corrected chi connectivity index (χ4v) is 2.02. The molecule has 1 rings (SSSR count). The van der Waals surface area contributed by atoms with E-state index in [4.69, 9.17) is 0 Å². The first kappa shape index (κ1) is 13.5. The number of carbonyl (C=O) groups is 1. The summed E-state index contributed by atoms with van der Waals surface area (Å²) in [4.78, 5) is 14.1. The Morgan fingerprint density at radius 2 is 2.38 bits per heavy atom. The standard InChI is InChI=1S/C12H25N3O/c1-4-5-6-14-12(16)11(3)15-8-7-13-10(2)9-15/h10-11,13H,4-9H2,1-3H3,(H,14,16)/t10-,11?/m1/s1. The maximum Gasteiger partial charge on any atom is 0.237 e. The van der Waals surface area contributed by atoms with Crippen LogP contribution in [-0.2, 0) is 4.79 Å². The number of rotatable bonds is 5. The van der Waals surface area contributed by atoms with E-state index < -0.39 is 0 Å². The Balaban J connectivity index is 2.31. The summed E-state index contributed by atoms with van der Waals surface area (Å²) >= 11 is 0. The van der Waals surface area contributed by atoms with Crippen LogP contribution in [0.1, 0.15) is 33.6 Å². The van der Waals surface area contributed by atoms with Gasteiger partial charge in [-0.2, -0.15) is 0 Å². The lowest BCUT2D eigenvalue weighted by atomic mass is 10.1. The minimum absolute atomic E-state index is 0.00130. The Kier molecular flexibility index (Phi) is 5.77. The number of unbranched alkanes of at least 4 members (excludes halogenated alkanes) is 1. The van der Waals surface area contributed by atoms with E-state index in [2.05, 4.69) is 29.4 Å². The molecule has 0 aromatic rings. The second kappa shape index (κ2) is 6.86. The summed E-state index contributed by atoms with van der Waals surface area (Å²) in [6, 6.07) is 0.487. The van der Waals surface area contributed by atoms with E-state index in [0.29, 0.717) is 6.04 Å². The molecule has 94 valence electrons. The summed E-state index contributed by atoms with van der Waals surface area (Å²) < 4.78 is 0. The molecule has 1 unspecified atom stereocenters. The number of hydrogen-bond donors (Lipinski definition) is 2. The van der Waals surface area contributed by atoms with Crippen molar-refractivity contribution in [1.82, 2.24) is 15.5 Å². The normalized spacial score (nSPS) is 24.1. The average Bonchev–Trinajstić information content (AvgIpc) is 2.28. The molecule has 0 aliphatic carbocycles. The van der Waals surface area contributed by atoms with Crippen molar-refractivity contribution in [1.29, 1.82) is 0 Å². The van der Waals surface area contributed by atoms with Crippen molar-refractivity contribution >= 4 is 5.91 Å². The topological polar surface area (TPSA) is 44.4 Å². The van der Waals surface area contributed by atoms with Gasteiger partial charge in [0, 0.05) is 32.2 Å². The Morgan fingerprint density at radius 1 is 1.62 bits per heavy atom. The Morgan fingerprint density at radius 3 is 3.00 bits per heavy atom. The first-order valence-corrected chi connectivity index (χ1v) is 6.40. The highest BCUT2D eigenvalue weighted by atomic mass is 16.2. The van der Waals surface area contributed by atoms with E-state index >= 15 is 0 Å². The predicted molar refractivity (Wildman–Crippen MR) is 66.4 cm³/mol. The lowest BCUT2D eigenvalue weighted by Crippen LogP contribution is -2.55. The van der Waals surface area contributed by atoms with Gasteiger partial charge >= 0.3 is 0 Å². The van der Waals surface area contributed by atoms with Crippen molar-refractivity contribution in [3.8, 4) is 0 Å². The van der Waals surface area contributed by atoms with E-state index in [1.807, 2.05) is 6.92 Å². The van der Waals surface area contributed by atoms with E-state index in [0.717, 1.165) is 39.0 Å². The van der Waals surface area contributed by atoms with Gasteiger partial charge in [0.15, 0.2) is 0 Å². The highest BCUT2D eigenvalue weighted by Gasteiger charge is 2.24. The molecular weight excluding hydrogens is 202 g/mol. The second-order valence-electron chi connectivity index (χ2n) is 4.67. The monoisotopic (exact) mass is 227 g/mol. The summed E-state index contributed by atoms with van der Waals surface area (Å²) in [5, 5.41) is 6.38. The zero-order valence-electron chi connectivity index (χ0n) is 10.8. The molecule has 0 aromatic heterocycles. The molecule has 1 heterocycles. The van der Waals surface area contributed by atoms with Gasteiger partial charge in [0.2, 0.25) is 5.91 Å². The number of amides is 1. The zero-order valence-corrected chi connectivity index (χ0v) is 10.8. The molecule has 1 aliphatic rings. The van der Waals surface area contributed by atoms with E-state index in [1.165, 1.54) is 0 Å². The van der Waals surface area contributed by atoms with Crippen molar-refractivity contribution in [2.24, 2.45) is 0 Å². The molecule has 2 atom stereocenters. The minimum atomic E-state index is 0.00130. The van der Waals surface area contributed by atoms with Crippen LogP contribution in [-0.4, -0.2) is 49.1 Å². The molecule has 1 fully saturated rings. The quantitative estimate of drug-likeness (QED) is 0.676. The van der Waals surface area contributed by atoms with Gasteiger partial charge < -0.3 is 10.6 Å².